The normalized spacial score (nSPS) is 15.9. The molecule has 0 bridgehead atoms. The van der Waals surface area contributed by atoms with E-state index < -0.39 is 0 Å². The predicted octanol–water partition coefficient (Wildman–Crippen LogP) is 8.12. The Morgan fingerprint density at radius 2 is 1.14 bits per heavy atom. The second-order valence-corrected chi connectivity index (χ2v) is 16.4. The summed E-state index contributed by atoms with van der Waals surface area (Å²) in [6.45, 7) is 7.23. The van der Waals surface area contributed by atoms with Gasteiger partial charge in [-0.15, -0.1) is 0 Å². The van der Waals surface area contributed by atoms with Gasteiger partial charge in [-0.25, -0.2) is 24.9 Å². The Balaban J connectivity index is 0.000000185. The van der Waals surface area contributed by atoms with Crippen LogP contribution in [0.2, 0.25) is 5.15 Å². The van der Waals surface area contributed by atoms with Crippen LogP contribution in [0.5, 0.6) is 11.5 Å². The number of hydrogen-bond donors (Lipinski definition) is 0. The summed E-state index contributed by atoms with van der Waals surface area (Å²) in [4.78, 5) is 29.2. The highest BCUT2D eigenvalue weighted by atomic mass is 35.5. The van der Waals surface area contributed by atoms with E-state index in [1.807, 2.05) is 66.9 Å². The summed E-state index contributed by atoms with van der Waals surface area (Å²) in [6, 6.07) is 27.1. The monoisotopic (exact) mass is 903 g/mol. The van der Waals surface area contributed by atoms with E-state index in [0.717, 1.165) is 97.9 Å². The molecule has 0 atom stereocenters. The lowest BCUT2D eigenvalue weighted by Gasteiger charge is -2.25. The number of benzene rings is 2. The predicted molar refractivity (Wildman–Crippen MR) is 249 cm³/mol. The lowest BCUT2D eigenvalue weighted by Crippen LogP contribution is -2.36. The number of aromatic nitrogens is 6. The lowest BCUT2D eigenvalue weighted by molar-refractivity contribution is 0.0252. The maximum atomic E-state index is 9.70. The third-order valence-electron chi connectivity index (χ3n) is 11.2. The Kier molecular flexibility index (Phi) is 16.4. The molecule has 6 aromatic rings. The van der Waals surface area contributed by atoms with E-state index in [2.05, 4.69) is 60.2 Å². The summed E-state index contributed by atoms with van der Waals surface area (Å²) in [5.74, 6) is 2.59. The molecular formula is C51H50ClN9O5. The van der Waals surface area contributed by atoms with Crippen LogP contribution in [0.1, 0.15) is 65.3 Å². The first-order chi connectivity index (χ1) is 32.5. The molecular weight excluding hydrogens is 854 g/mol. The highest BCUT2D eigenvalue weighted by Gasteiger charge is 2.19. The molecule has 336 valence electrons. The molecule has 0 aliphatic carbocycles. The third-order valence-corrected chi connectivity index (χ3v) is 11.5. The molecule has 15 heteroatoms. The van der Waals surface area contributed by atoms with E-state index in [4.69, 9.17) is 40.3 Å². The van der Waals surface area contributed by atoms with Crippen molar-refractivity contribution in [3.63, 3.8) is 0 Å². The van der Waals surface area contributed by atoms with Gasteiger partial charge in [-0.3, -0.25) is 9.88 Å². The highest BCUT2D eigenvalue weighted by Crippen LogP contribution is 2.29. The zero-order chi connectivity index (χ0) is 45.3. The van der Waals surface area contributed by atoms with Crippen LogP contribution in [0.3, 0.4) is 0 Å². The molecule has 0 radical (unpaired) electrons. The number of halogens is 1. The number of ether oxygens (including phenoxy) is 5. The fraction of sp³-hybridized carbons (Fsp3) is 0.333. The molecule has 0 spiro atoms. The fourth-order valence-electron chi connectivity index (χ4n) is 7.62. The zero-order valence-corrected chi connectivity index (χ0v) is 37.4. The van der Waals surface area contributed by atoms with Crippen molar-refractivity contribution < 1.29 is 23.7 Å². The first kappa shape index (κ1) is 45.9. The van der Waals surface area contributed by atoms with Gasteiger partial charge in [0.05, 0.1) is 67.8 Å². The van der Waals surface area contributed by atoms with Crippen LogP contribution in [0, 0.1) is 22.7 Å². The van der Waals surface area contributed by atoms with Crippen molar-refractivity contribution in [2.24, 2.45) is 0 Å². The van der Waals surface area contributed by atoms with Crippen molar-refractivity contribution in [3.8, 4) is 46.2 Å². The van der Waals surface area contributed by atoms with Gasteiger partial charge in [0.1, 0.15) is 52.6 Å². The highest BCUT2D eigenvalue weighted by molar-refractivity contribution is 6.29. The van der Waals surface area contributed by atoms with Crippen molar-refractivity contribution in [2.45, 2.75) is 50.7 Å². The van der Waals surface area contributed by atoms with Gasteiger partial charge >= 0.3 is 0 Å². The van der Waals surface area contributed by atoms with Gasteiger partial charge in [0.15, 0.2) is 0 Å². The molecule has 9 rings (SSSR count). The van der Waals surface area contributed by atoms with Crippen LogP contribution in [0.15, 0.2) is 104 Å². The Bertz CT molecular complexity index is 2640. The summed E-state index contributed by atoms with van der Waals surface area (Å²) >= 11 is 5.84. The smallest absolute Gasteiger partial charge is 0.137 e. The van der Waals surface area contributed by atoms with Gasteiger partial charge < -0.3 is 23.7 Å². The zero-order valence-electron chi connectivity index (χ0n) is 36.6. The van der Waals surface area contributed by atoms with E-state index in [1.54, 1.807) is 24.7 Å². The fourth-order valence-corrected chi connectivity index (χ4v) is 7.73. The van der Waals surface area contributed by atoms with E-state index in [1.165, 1.54) is 0 Å². The summed E-state index contributed by atoms with van der Waals surface area (Å²) < 4.78 is 28.3. The lowest BCUT2D eigenvalue weighted by atomic mass is 10.1. The van der Waals surface area contributed by atoms with E-state index >= 15 is 0 Å². The van der Waals surface area contributed by atoms with Gasteiger partial charge in [-0.2, -0.15) is 10.5 Å². The van der Waals surface area contributed by atoms with Crippen LogP contribution in [-0.2, 0) is 27.1 Å². The largest absolute Gasteiger partial charge is 0.489 e. The molecule has 0 unspecified atom stereocenters. The van der Waals surface area contributed by atoms with Gasteiger partial charge in [0.2, 0.25) is 0 Å². The first-order valence-corrected chi connectivity index (χ1v) is 22.6. The van der Waals surface area contributed by atoms with E-state index in [-0.39, 0.29) is 12.2 Å². The van der Waals surface area contributed by atoms with Crippen LogP contribution in [0.4, 0.5) is 0 Å². The molecule has 7 heterocycles. The van der Waals surface area contributed by atoms with Crippen LogP contribution >= 0.6 is 11.6 Å². The Morgan fingerprint density at radius 1 is 0.621 bits per heavy atom. The molecule has 4 aromatic heterocycles. The standard InChI is InChI=1S/C29H31N5O3.C22H19ClN4O2/c30-20-24-19-23(4-6-28(24)37-26-8-14-35-15-9-26)27-7-10-31-29(33-27)18-22-3-5-25(32-21-22)2-1-11-34-12-16-36-17-13-34;23-21-4-1-15(14-26-21)11-22-25-8-5-19(27-22)16-2-3-20(17(12-16)13-24)29-18-6-9-28-10-7-18/h1-7,10,19,21,26H,8-9,11-18H2;1-5,8,12,14,18H,6-7,9-11H2/b2-1+;. The summed E-state index contributed by atoms with van der Waals surface area (Å²) in [5, 5.41) is 19.7. The SMILES string of the molecule is N#Cc1cc(-c2ccnc(Cc3ccc(/C=C/CN4CCOCC4)nc3)n2)ccc1OC1CCOCC1.N#Cc1cc(-c2ccnc(Cc3ccc(Cl)nc3)n2)ccc1OC1CCOCC1. The molecule has 0 saturated carbocycles. The van der Waals surface area contributed by atoms with Gasteiger partial charge in [0.25, 0.3) is 0 Å². The minimum Gasteiger partial charge on any atom is -0.489 e. The number of hydrogen-bond acceptors (Lipinski definition) is 14. The molecule has 14 nitrogen and oxygen atoms in total. The quantitative estimate of drug-likeness (QED) is 0.102. The minimum atomic E-state index is 0.0811. The topological polar surface area (TPSA) is 174 Å². The van der Waals surface area contributed by atoms with Gasteiger partial charge in [-0.1, -0.05) is 29.8 Å². The van der Waals surface area contributed by atoms with Crippen molar-refractivity contribution in [2.75, 3.05) is 59.3 Å². The molecule has 66 heavy (non-hydrogen) atoms. The Morgan fingerprint density at radius 3 is 1.62 bits per heavy atom. The summed E-state index contributed by atoms with van der Waals surface area (Å²) in [6.07, 6.45) is 15.9. The van der Waals surface area contributed by atoms with Crippen molar-refractivity contribution >= 4 is 17.7 Å². The number of rotatable bonds is 13. The maximum absolute atomic E-state index is 9.70. The molecule has 0 N–H and O–H groups in total. The van der Waals surface area contributed by atoms with Crippen LogP contribution in [-0.4, -0.2) is 106 Å². The average molecular weight is 904 g/mol. The minimum absolute atomic E-state index is 0.0811. The molecule has 3 fully saturated rings. The molecule has 0 amide bonds. The molecule has 3 saturated heterocycles. The Hall–Kier alpha value is -6.65. The van der Waals surface area contributed by atoms with Gasteiger partial charge in [-0.05, 0) is 77.9 Å². The Labute approximate surface area is 389 Å². The van der Waals surface area contributed by atoms with Crippen molar-refractivity contribution in [1.82, 2.24) is 34.8 Å². The van der Waals surface area contributed by atoms with E-state index in [0.29, 0.717) is 78.7 Å². The van der Waals surface area contributed by atoms with Crippen LogP contribution in [0.25, 0.3) is 28.6 Å². The number of nitriles is 2. The number of nitrogens with zero attached hydrogens (tertiary/aromatic N) is 9. The van der Waals surface area contributed by atoms with Crippen molar-refractivity contribution in [3.05, 3.63) is 148 Å². The molecule has 2 aromatic carbocycles. The van der Waals surface area contributed by atoms with Crippen LogP contribution < -0.4 is 9.47 Å². The maximum Gasteiger partial charge on any atom is 0.137 e. The summed E-state index contributed by atoms with van der Waals surface area (Å²) in [7, 11) is 0. The third kappa shape index (κ3) is 13.2. The number of pyridine rings is 2. The number of morpholine rings is 1. The average Bonchev–Trinajstić information content (AvgIpc) is 3.37. The second-order valence-electron chi connectivity index (χ2n) is 16.0. The van der Waals surface area contributed by atoms with Gasteiger partial charge in [0, 0.05) is 94.1 Å². The first-order valence-electron chi connectivity index (χ1n) is 22.2. The molecule has 3 aliphatic heterocycles. The molecule has 3 aliphatic rings. The summed E-state index contributed by atoms with van der Waals surface area (Å²) in [5.41, 5.74) is 7.18. The van der Waals surface area contributed by atoms with E-state index in [9.17, 15) is 10.5 Å². The second kappa shape index (κ2) is 23.5. The van der Waals surface area contributed by atoms with Crippen molar-refractivity contribution in [1.29, 1.82) is 10.5 Å².